The standard InChI is InChI=1S/C41H56N6O8/c1-24(2)30(46-54-40(5,6)7)38(52)44-28(21-26-17-13-11-14-18-26)34(48)36(50)32-33(43-23-42-32)37(51)35(49)29(22-27-19-15-12-16-20-27)45-39(53)31(25(3)4)47-55-41(8,9)10/h11-20,23-25,28-31,46-47H,21-22H2,1-10H3,(H,42,43)(H,44,52)(H,45,53)/t28-,29-,30-,31-/m0/s1. The molecular weight excluding hydrogens is 704 g/mol. The third-order valence-electron chi connectivity index (χ3n) is 8.24. The summed E-state index contributed by atoms with van der Waals surface area (Å²) in [6.45, 7) is 18.1. The molecule has 0 saturated carbocycles. The zero-order valence-electron chi connectivity index (χ0n) is 33.4. The highest BCUT2D eigenvalue weighted by molar-refractivity contribution is 6.50. The van der Waals surface area contributed by atoms with Gasteiger partial charge in [-0.1, -0.05) is 88.4 Å². The van der Waals surface area contributed by atoms with Gasteiger partial charge in [-0.3, -0.25) is 38.4 Å². The van der Waals surface area contributed by atoms with Crippen LogP contribution in [-0.4, -0.2) is 80.3 Å². The quantitative estimate of drug-likeness (QED) is 0.0633. The van der Waals surface area contributed by atoms with Crippen molar-refractivity contribution in [3.63, 3.8) is 0 Å². The summed E-state index contributed by atoms with van der Waals surface area (Å²) in [7, 11) is 0. The molecule has 0 unspecified atom stereocenters. The molecule has 0 aliphatic rings. The number of carbonyl (C=O) groups excluding carboxylic acids is 6. The highest BCUT2D eigenvalue weighted by Gasteiger charge is 2.38. The maximum Gasteiger partial charge on any atom is 0.251 e. The molecule has 3 aromatic rings. The first-order valence-corrected chi connectivity index (χ1v) is 18.4. The highest BCUT2D eigenvalue weighted by Crippen LogP contribution is 2.16. The Kier molecular flexibility index (Phi) is 15.9. The zero-order chi connectivity index (χ0) is 41.1. The van der Waals surface area contributed by atoms with Crippen LogP contribution in [0.1, 0.15) is 101 Å². The number of benzene rings is 2. The highest BCUT2D eigenvalue weighted by atomic mass is 16.7. The van der Waals surface area contributed by atoms with Crippen molar-refractivity contribution in [2.75, 3.05) is 0 Å². The lowest BCUT2D eigenvalue weighted by Gasteiger charge is -2.28. The van der Waals surface area contributed by atoms with Crippen LogP contribution < -0.4 is 21.6 Å². The van der Waals surface area contributed by atoms with Gasteiger partial charge in [-0.25, -0.2) is 4.98 Å². The summed E-state index contributed by atoms with van der Waals surface area (Å²) in [6.07, 6.45) is 0.930. The summed E-state index contributed by atoms with van der Waals surface area (Å²) in [4.78, 5) is 101. The fourth-order valence-electron chi connectivity index (χ4n) is 5.30. The second-order valence-corrected chi connectivity index (χ2v) is 16.1. The average molecular weight is 761 g/mol. The molecule has 0 fully saturated rings. The van der Waals surface area contributed by atoms with E-state index in [1.807, 2.05) is 41.5 Å². The number of aromatic nitrogens is 2. The fraction of sp³-hybridized carbons (Fsp3) is 0.488. The van der Waals surface area contributed by atoms with Gasteiger partial charge in [-0.15, -0.1) is 0 Å². The SMILES string of the molecule is CC(C)[C@H](NOC(C)(C)C)C(=O)N[C@@H](Cc1ccccc1)C(=O)C(=O)c1nc[nH]c1C(=O)C(=O)[C@H](Cc1ccccc1)NC(=O)[C@@H](NOC(C)(C)C)C(C)C. The summed E-state index contributed by atoms with van der Waals surface area (Å²) in [5.74, 6) is -6.16. The van der Waals surface area contributed by atoms with Gasteiger partial charge >= 0.3 is 0 Å². The van der Waals surface area contributed by atoms with Crippen molar-refractivity contribution in [2.45, 2.75) is 117 Å². The molecule has 2 amide bonds. The largest absolute Gasteiger partial charge is 0.344 e. The number of H-pyrrole nitrogens is 1. The van der Waals surface area contributed by atoms with Crippen LogP contribution in [0.2, 0.25) is 0 Å². The Balaban J connectivity index is 1.93. The molecular formula is C41H56N6O8. The van der Waals surface area contributed by atoms with Crippen LogP contribution in [0.4, 0.5) is 0 Å². The summed E-state index contributed by atoms with van der Waals surface area (Å²) in [5.41, 5.74) is 4.52. The number of nitrogens with one attached hydrogen (secondary N) is 5. The predicted molar refractivity (Wildman–Crippen MR) is 207 cm³/mol. The van der Waals surface area contributed by atoms with Crippen LogP contribution in [0, 0.1) is 11.8 Å². The van der Waals surface area contributed by atoms with Crippen LogP contribution in [0.3, 0.4) is 0 Å². The number of carbonyl (C=O) groups is 6. The van der Waals surface area contributed by atoms with Crippen molar-refractivity contribution in [3.05, 3.63) is 89.5 Å². The first kappa shape index (κ1) is 44.5. The Bertz CT molecular complexity index is 1650. The maximum absolute atomic E-state index is 14.0. The van der Waals surface area contributed by atoms with Crippen molar-refractivity contribution in [3.8, 4) is 0 Å². The molecule has 0 bridgehead atoms. The molecule has 4 atom stereocenters. The second-order valence-electron chi connectivity index (χ2n) is 16.1. The summed E-state index contributed by atoms with van der Waals surface area (Å²) >= 11 is 0. The molecule has 0 aliphatic heterocycles. The van der Waals surface area contributed by atoms with E-state index >= 15 is 0 Å². The van der Waals surface area contributed by atoms with Crippen molar-refractivity contribution in [1.29, 1.82) is 0 Å². The van der Waals surface area contributed by atoms with Gasteiger partial charge in [0.1, 0.15) is 23.5 Å². The van der Waals surface area contributed by atoms with Crippen LogP contribution in [0.25, 0.3) is 0 Å². The Morgan fingerprint density at radius 1 is 0.618 bits per heavy atom. The van der Waals surface area contributed by atoms with Gasteiger partial charge in [0.25, 0.3) is 5.78 Å². The minimum atomic E-state index is -1.36. The van der Waals surface area contributed by atoms with Gasteiger partial charge in [-0.2, -0.15) is 11.0 Å². The van der Waals surface area contributed by atoms with E-state index in [1.165, 1.54) is 0 Å². The van der Waals surface area contributed by atoms with Crippen molar-refractivity contribution in [1.82, 2.24) is 31.6 Å². The number of Topliss-reactive ketones (excluding diaryl/α,β-unsaturated/α-hetero) is 4. The van der Waals surface area contributed by atoms with E-state index in [-0.39, 0.29) is 24.7 Å². The van der Waals surface area contributed by atoms with Crippen LogP contribution in [-0.2, 0) is 41.7 Å². The first-order valence-electron chi connectivity index (χ1n) is 18.4. The molecule has 298 valence electrons. The molecule has 2 aromatic carbocycles. The van der Waals surface area contributed by atoms with Gasteiger partial charge < -0.3 is 15.6 Å². The number of imidazole rings is 1. The Labute approximate surface area is 323 Å². The van der Waals surface area contributed by atoms with E-state index in [4.69, 9.17) is 9.68 Å². The third kappa shape index (κ3) is 13.7. The van der Waals surface area contributed by atoms with Gasteiger partial charge in [0.15, 0.2) is 0 Å². The molecule has 0 saturated heterocycles. The number of hydrogen-bond donors (Lipinski definition) is 5. The van der Waals surface area contributed by atoms with Crippen molar-refractivity contribution < 1.29 is 38.4 Å². The number of hydrogen-bond acceptors (Lipinski definition) is 11. The van der Waals surface area contributed by atoms with Crippen molar-refractivity contribution in [2.24, 2.45) is 11.8 Å². The normalized spacial score (nSPS) is 14.2. The molecule has 1 heterocycles. The first-order chi connectivity index (χ1) is 25.7. The minimum Gasteiger partial charge on any atom is -0.344 e. The van der Waals surface area contributed by atoms with Crippen LogP contribution in [0.15, 0.2) is 67.0 Å². The second kappa shape index (κ2) is 19.6. The number of nitrogens with zero attached hydrogens (tertiary/aromatic N) is 1. The monoisotopic (exact) mass is 760 g/mol. The Hall–Kier alpha value is -4.89. The maximum atomic E-state index is 14.0. The van der Waals surface area contributed by atoms with E-state index in [0.717, 1.165) is 6.33 Å². The van der Waals surface area contributed by atoms with Gasteiger partial charge in [0.2, 0.25) is 29.2 Å². The van der Waals surface area contributed by atoms with Crippen molar-refractivity contribution >= 4 is 34.9 Å². The van der Waals surface area contributed by atoms with E-state index in [2.05, 4.69) is 31.6 Å². The molecule has 3 rings (SSSR count). The summed E-state index contributed by atoms with van der Waals surface area (Å²) in [6, 6.07) is 13.1. The zero-order valence-corrected chi connectivity index (χ0v) is 33.4. The lowest BCUT2D eigenvalue weighted by Crippen LogP contribution is -2.55. The lowest BCUT2D eigenvalue weighted by atomic mass is 9.94. The molecule has 0 aliphatic carbocycles. The van der Waals surface area contributed by atoms with E-state index < -0.39 is 81.7 Å². The average Bonchev–Trinajstić information content (AvgIpc) is 3.59. The third-order valence-corrected chi connectivity index (χ3v) is 8.24. The number of ketones is 4. The van der Waals surface area contributed by atoms with E-state index in [0.29, 0.717) is 11.1 Å². The van der Waals surface area contributed by atoms with E-state index in [9.17, 15) is 28.8 Å². The summed E-state index contributed by atoms with van der Waals surface area (Å²) < 4.78 is 0. The van der Waals surface area contributed by atoms with Gasteiger partial charge in [0.05, 0.1) is 29.6 Å². The molecule has 0 radical (unpaired) electrons. The minimum absolute atomic E-state index is 0.0480. The topological polar surface area (TPSA) is 198 Å². The summed E-state index contributed by atoms with van der Waals surface area (Å²) in [5, 5.41) is 5.40. The molecule has 0 spiro atoms. The molecule has 14 nitrogen and oxygen atoms in total. The fourth-order valence-corrected chi connectivity index (χ4v) is 5.30. The molecule has 14 heteroatoms. The number of aromatic amines is 1. The van der Waals surface area contributed by atoms with Crippen LogP contribution >= 0.6 is 0 Å². The lowest BCUT2D eigenvalue weighted by molar-refractivity contribution is -0.140. The Morgan fingerprint density at radius 3 is 1.36 bits per heavy atom. The number of rotatable bonds is 20. The van der Waals surface area contributed by atoms with Gasteiger partial charge in [-0.05, 0) is 64.5 Å². The molecule has 5 N–H and O–H groups in total. The predicted octanol–water partition coefficient (Wildman–Crippen LogP) is 4.06. The number of hydroxylamine groups is 2. The van der Waals surface area contributed by atoms with Crippen LogP contribution in [0.5, 0.6) is 0 Å². The van der Waals surface area contributed by atoms with Gasteiger partial charge in [0, 0.05) is 12.8 Å². The van der Waals surface area contributed by atoms with E-state index in [1.54, 1.807) is 88.4 Å². The molecule has 1 aromatic heterocycles. The number of amides is 2. The smallest absolute Gasteiger partial charge is 0.251 e. The Morgan fingerprint density at radius 2 is 1.00 bits per heavy atom. The molecule has 55 heavy (non-hydrogen) atoms.